The first-order chi connectivity index (χ1) is 9.27. The Balaban J connectivity index is 3.12. The zero-order valence-corrected chi connectivity index (χ0v) is 13.5. The van der Waals surface area contributed by atoms with Gasteiger partial charge in [-0.25, -0.2) is 8.42 Å². The lowest BCUT2D eigenvalue weighted by atomic mass is 10.2. The molecule has 0 saturated carbocycles. The van der Waals surface area contributed by atoms with Crippen molar-refractivity contribution in [2.45, 2.75) is 31.8 Å². The molecule has 0 N–H and O–H groups in total. The summed E-state index contributed by atoms with van der Waals surface area (Å²) in [6, 6.07) is 6.65. The smallest absolute Gasteiger partial charge is 0.303 e. The van der Waals surface area contributed by atoms with Gasteiger partial charge in [0.2, 0.25) is 9.84 Å². The molecule has 1 aromatic rings. The van der Waals surface area contributed by atoms with Crippen LogP contribution in [0.5, 0.6) is 0 Å². The SMILES string of the molecule is CS/C(=C\[C@@H](C)OC(C)=O)S(=O)(=O)c1ccc(C)cc1. The second kappa shape index (κ2) is 6.95. The molecule has 0 heterocycles. The number of carbonyl (C=O) groups excluding carboxylic acids is 1. The number of hydrogen-bond donors (Lipinski definition) is 0. The van der Waals surface area contributed by atoms with E-state index in [1.807, 2.05) is 6.92 Å². The van der Waals surface area contributed by atoms with Crippen LogP contribution in [0.1, 0.15) is 19.4 Å². The third-order valence-corrected chi connectivity index (χ3v) is 5.78. The summed E-state index contributed by atoms with van der Waals surface area (Å²) < 4.78 is 30.0. The van der Waals surface area contributed by atoms with Gasteiger partial charge in [0, 0.05) is 6.92 Å². The molecule has 1 rings (SSSR count). The molecule has 0 aliphatic carbocycles. The Labute approximate surface area is 124 Å². The van der Waals surface area contributed by atoms with Crippen LogP contribution >= 0.6 is 11.8 Å². The van der Waals surface area contributed by atoms with Crippen LogP contribution in [0.15, 0.2) is 39.5 Å². The molecule has 0 fully saturated rings. The van der Waals surface area contributed by atoms with Gasteiger partial charge in [-0.3, -0.25) is 4.79 Å². The summed E-state index contributed by atoms with van der Waals surface area (Å²) in [6.07, 6.45) is 2.54. The second-order valence-corrected chi connectivity index (χ2v) is 7.35. The first-order valence-corrected chi connectivity index (χ1v) is 8.73. The monoisotopic (exact) mass is 314 g/mol. The zero-order chi connectivity index (χ0) is 15.3. The zero-order valence-electron chi connectivity index (χ0n) is 11.9. The molecule has 0 bridgehead atoms. The highest BCUT2D eigenvalue weighted by Gasteiger charge is 2.21. The maximum absolute atomic E-state index is 12.5. The largest absolute Gasteiger partial charge is 0.459 e. The fourth-order valence-corrected chi connectivity index (χ4v) is 4.18. The van der Waals surface area contributed by atoms with Gasteiger partial charge in [-0.15, -0.1) is 11.8 Å². The van der Waals surface area contributed by atoms with Crippen molar-refractivity contribution in [1.29, 1.82) is 0 Å². The Bertz CT molecular complexity index is 601. The minimum atomic E-state index is -3.57. The number of rotatable bonds is 5. The molecule has 6 heteroatoms. The van der Waals surface area contributed by atoms with Crippen LogP contribution in [0.4, 0.5) is 0 Å². The lowest BCUT2D eigenvalue weighted by Crippen LogP contribution is -2.12. The summed E-state index contributed by atoms with van der Waals surface area (Å²) in [5.74, 6) is -0.443. The van der Waals surface area contributed by atoms with E-state index in [0.717, 1.165) is 17.3 Å². The van der Waals surface area contributed by atoms with Crippen molar-refractivity contribution in [3.8, 4) is 0 Å². The van der Waals surface area contributed by atoms with Crippen molar-refractivity contribution in [1.82, 2.24) is 0 Å². The van der Waals surface area contributed by atoms with Crippen molar-refractivity contribution in [2.75, 3.05) is 6.26 Å². The lowest BCUT2D eigenvalue weighted by Gasteiger charge is -2.11. The second-order valence-electron chi connectivity index (χ2n) is 4.32. The Kier molecular flexibility index (Phi) is 5.83. The average molecular weight is 314 g/mol. The molecule has 1 atom stereocenters. The van der Waals surface area contributed by atoms with Gasteiger partial charge in [-0.2, -0.15) is 0 Å². The van der Waals surface area contributed by atoms with Gasteiger partial charge >= 0.3 is 5.97 Å². The van der Waals surface area contributed by atoms with E-state index >= 15 is 0 Å². The van der Waals surface area contributed by atoms with Gasteiger partial charge in [0.25, 0.3) is 0 Å². The van der Waals surface area contributed by atoms with Crippen LogP contribution in [0.25, 0.3) is 0 Å². The van der Waals surface area contributed by atoms with Crippen LogP contribution < -0.4 is 0 Å². The molecule has 0 unspecified atom stereocenters. The van der Waals surface area contributed by atoms with E-state index in [9.17, 15) is 13.2 Å². The number of hydrogen-bond acceptors (Lipinski definition) is 5. The van der Waals surface area contributed by atoms with E-state index in [4.69, 9.17) is 4.74 Å². The molecule has 1 aromatic carbocycles. The third-order valence-electron chi connectivity index (χ3n) is 2.52. The molecular weight excluding hydrogens is 296 g/mol. The van der Waals surface area contributed by atoms with Crippen molar-refractivity contribution in [2.24, 2.45) is 0 Å². The normalized spacial score (nSPS) is 13.9. The van der Waals surface area contributed by atoms with Crippen molar-refractivity contribution in [3.05, 3.63) is 40.1 Å². The minimum absolute atomic E-state index is 0.176. The first-order valence-electron chi connectivity index (χ1n) is 6.02. The Morgan fingerprint density at radius 3 is 2.30 bits per heavy atom. The van der Waals surface area contributed by atoms with Gasteiger partial charge in [0.15, 0.2) is 0 Å². The summed E-state index contributed by atoms with van der Waals surface area (Å²) in [4.78, 5) is 11.1. The molecule has 110 valence electrons. The highest BCUT2D eigenvalue weighted by Crippen LogP contribution is 2.27. The summed E-state index contributed by atoms with van der Waals surface area (Å²) in [6.45, 7) is 4.81. The van der Waals surface area contributed by atoms with Gasteiger partial charge in [-0.05, 0) is 38.3 Å². The summed E-state index contributed by atoms with van der Waals surface area (Å²) in [5, 5.41) is 0. The topological polar surface area (TPSA) is 60.4 Å². The predicted molar refractivity (Wildman–Crippen MR) is 81.2 cm³/mol. The van der Waals surface area contributed by atoms with Gasteiger partial charge < -0.3 is 4.74 Å². The standard InChI is InChI=1S/C14H18O4S2/c1-10-5-7-13(8-6-10)20(16,17)14(19-4)9-11(2)18-12(3)15/h5-9,11H,1-4H3/b14-9+/t11-/m1/s1. The fourth-order valence-electron chi connectivity index (χ4n) is 1.59. The van der Waals surface area contributed by atoms with Crippen LogP contribution in [-0.2, 0) is 19.4 Å². The number of esters is 1. The van der Waals surface area contributed by atoms with Crippen LogP contribution in [0.3, 0.4) is 0 Å². The Morgan fingerprint density at radius 1 is 1.30 bits per heavy atom. The highest BCUT2D eigenvalue weighted by molar-refractivity contribution is 8.18. The van der Waals surface area contributed by atoms with Gasteiger partial charge in [-0.1, -0.05) is 17.7 Å². The van der Waals surface area contributed by atoms with Crippen molar-refractivity contribution >= 4 is 27.6 Å². The lowest BCUT2D eigenvalue weighted by molar-refractivity contribution is -0.143. The maximum Gasteiger partial charge on any atom is 0.303 e. The molecule has 0 aliphatic heterocycles. The van der Waals surface area contributed by atoms with Crippen LogP contribution in [-0.4, -0.2) is 26.7 Å². The number of carbonyl (C=O) groups is 1. The fraction of sp³-hybridized carbons (Fsp3) is 0.357. The van der Waals surface area contributed by atoms with Crippen molar-refractivity contribution < 1.29 is 17.9 Å². The van der Waals surface area contributed by atoms with Crippen molar-refractivity contribution in [3.63, 3.8) is 0 Å². The van der Waals surface area contributed by atoms with Crippen LogP contribution in [0, 0.1) is 6.92 Å². The highest BCUT2D eigenvalue weighted by atomic mass is 32.3. The number of thioether (sulfide) groups is 1. The molecule has 0 amide bonds. The summed E-state index contributed by atoms with van der Waals surface area (Å²) >= 11 is 1.11. The van der Waals surface area contributed by atoms with Crippen LogP contribution in [0.2, 0.25) is 0 Å². The van der Waals surface area contributed by atoms with E-state index in [0.29, 0.717) is 0 Å². The Hall–Kier alpha value is -1.27. The minimum Gasteiger partial charge on any atom is -0.459 e. The average Bonchev–Trinajstić information content (AvgIpc) is 2.35. The van der Waals surface area contributed by atoms with E-state index in [1.54, 1.807) is 37.4 Å². The molecule has 0 aliphatic rings. The number of aryl methyl sites for hydroxylation is 1. The molecule has 0 spiro atoms. The quantitative estimate of drug-likeness (QED) is 0.782. The first kappa shape index (κ1) is 16.8. The van der Waals surface area contributed by atoms with E-state index in [2.05, 4.69) is 0 Å². The number of ether oxygens (including phenoxy) is 1. The molecule has 0 saturated heterocycles. The molecule has 0 radical (unpaired) electrons. The van der Waals surface area contributed by atoms with E-state index in [1.165, 1.54) is 13.0 Å². The molecule has 0 aromatic heterocycles. The summed E-state index contributed by atoms with van der Waals surface area (Å²) in [5.41, 5.74) is 0.993. The predicted octanol–water partition coefficient (Wildman–Crippen LogP) is 2.92. The third kappa shape index (κ3) is 4.38. The Morgan fingerprint density at radius 2 is 1.85 bits per heavy atom. The van der Waals surface area contributed by atoms with E-state index in [-0.39, 0.29) is 9.13 Å². The molecular formula is C14H18O4S2. The molecule has 20 heavy (non-hydrogen) atoms. The number of sulfone groups is 1. The summed E-state index contributed by atoms with van der Waals surface area (Å²) in [7, 11) is -3.57. The number of benzene rings is 1. The molecule has 4 nitrogen and oxygen atoms in total. The van der Waals surface area contributed by atoms with Gasteiger partial charge in [0.05, 0.1) is 4.90 Å². The van der Waals surface area contributed by atoms with E-state index < -0.39 is 21.9 Å². The van der Waals surface area contributed by atoms with Gasteiger partial charge in [0.1, 0.15) is 10.3 Å². The maximum atomic E-state index is 12.5.